The molecule has 2 N–H and O–H groups in total. The number of carbonyl (C=O) groups is 2. The van der Waals surface area contributed by atoms with Crippen LogP contribution < -0.4 is 4.74 Å². The van der Waals surface area contributed by atoms with Gasteiger partial charge in [-0.05, 0) is 29.8 Å². The highest BCUT2D eigenvalue weighted by atomic mass is 19.1. The third kappa shape index (κ3) is 3.37. The Morgan fingerprint density at radius 1 is 1.43 bits per heavy atom. The van der Waals surface area contributed by atoms with E-state index in [0.717, 1.165) is 12.1 Å². The summed E-state index contributed by atoms with van der Waals surface area (Å²) in [4.78, 5) is 27.7. The maximum absolute atomic E-state index is 13.6. The number of amidine groups is 1. The summed E-state index contributed by atoms with van der Waals surface area (Å²) in [5, 5.41) is 18.1. The van der Waals surface area contributed by atoms with Gasteiger partial charge in [0.1, 0.15) is 11.5 Å². The Balaban J connectivity index is 2.41. The molecule has 1 aromatic carbocycles. The van der Waals surface area contributed by atoms with Crippen molar-refractivity contribution >= 4 is 23.8 Å². The van der Waals surface area contributed by atoms with Crippen LogP contribution in [-0.2, 0) is 9.59 Å². The Labute approximate surface area is 130 Å². The van der Waals surface area contributed by atoms with E-state index in [1.807, 2.05) is 0 Å². The number of carboxylic acid groups (broad SMARTS) is 1. The topological polar surface area (TPSA) is 99.4 Å². The first kappa shape index (κ1) is 16.2. The fraction of sp³-hybridized carbons (Fsp3) is 0.133. The van der Waals surface area contributed by atoms with E-state index in [9.17, 15) is 19.1 Å². The number of carboxylic acids is 1. The first-order chi connectivity index (χ1) is 10.8. The Bertz CT molecular complexity index is 767. The van der Waals surface area contributed by atoms with Gasteiger partial charge in [-0.1, -0.05) is 0 Å². The fourth-order valence-corrected chi connectivity index (χ4v) is 1.90. The van der Waals surface area contributed by atoms with Gasteiger partial charge in [0.2, 0.25) is 0 Å². The van der Waals surface area contributed by atoms with E-state index in [2.05, 4.69) is 4.99 Å². The number of carbonyl (C=O) groups excluding carboxylic acids is 1. The van der Waals surface area contributed by atoms with Crippen molar-refractivity contribution in [3.05, 3.63) is 41.4 Å². The number of benzene rings is 1. The molecular formula is C15H13FN2O5. The smallest absolute Gasteiger partial charge is 0.328 e. The molecule has 1 aromatic rings. The molecule has 0 bridgehead atoms. The molecule has 0 fully saturated rings. The third-order valence-corrected chi connectivity index (χ3v) is 3.05. The summed E-state index contributed by atoms with van der Waals surface area (Å²) in [5.41, 5.74) is 0.269. The Morgan fingerprint density at radius 2 is 2.13 bits per heavy atom. The van der Waals surface area contributed by atoms with Crippen LogP contribution in [0.4, 0.5) is 4.39 Å². The zero-order chi connectivity index (χ0) is 17.1. The van der Waals surface area contributed by atoms with E-state index in [1.54, 1.807) is 0 Å². The summed E-state index contributed by atoms with van der Waals surface area (Å²) in [6.45, 7) is 0. The van der Waals surface area contributed by atoms with Crippen molar-refractivity contribution in [3.63, 3.8) is 0 Å². The quantitative estimate of drug-likeness (QED) is 0.817. The van der Waals surface area contributed by atoms with Crippen molar-refractivity contribution in [1.82, 2.24) is 4.90 Å². The van der Waals surface area contributed by atoms with Gasteiger partial charge in [-0.3, -0.25) is 9.69 Å². The van der Waals surface area contributed by atoms with Crippen LogP contribution in [0.15, 0.2) is 35.0 Å². The van der Waals surface area contributed by atoms with E-state index in [1.165, 1.54) is 37.3 Å². The molecule has 8 heteroatoms. The maximum atomic E-state index is 13.6. The molecule has 1 aliphatic rings. The molecule has 0 aliphatic carbocycles. The molecule has 2 rings (SSSR count). The summed E-state index contributed by atoms with van der Waals surface area (Å²) in [5.74, 6) is -3.10. The van der Waals surface area contributed by atoms with Gasteiger partial charge in [0.15, 0.2) is 17.3 Å². The van der Waals surface area contributed by atoms with Gasteiger partial charge in [-0.15, -0.1) is 0 Å². The first-order valence-corrected chi connectivity index (χ1v) is 6.39. The summed E-state index contributed by atoms with van der Waals surface area (Å²) in [6.07, 6.45) is 3.35. The SMILES string of the molecule is COc1cc(C=C2N=C(C=CC(=O)O)N(C)C2=O)cc(F)c1O. The van der Waals surface area contributed by atoms with E-state index >= 15 is 0 Å². The van der Waals surface area contributed by atoms with Gasteiger partial charge in [0.05, 0.1) is 7.11 Å². The number of nitrogens with zero attached hydrogens (tertiary/aromatic N) is 2. The van der Waals surface area contributed by atoms with Gasteiger partial charge in [-0.25, -0.2) is 14.2 Å². The molecule has 0 radical (unpaired) electrons. The lowest BCUT2D eigenvalue weighted by Gasteiger charge is -2.07. The molecule has 0 atom stereocenters. The van der Waals surface area contributed by atoms with E-state index in [0.29, 0.717) is 0 Å². The predicted molar refractivity (Wildman–Crippen MR) is 79.6 cm³/mol. The van der Waals surface area contributed by atoms with Crippen LogP contribution in [0.1, 0.15) is 5.56 Å². The summed E-state index contributed by atoms with van der Waals surface area (Å²) in [6, 6.07) is 2.37. The fourth-order valence-electron chi connectivity index (χ4n) is 1.90. The summed E-state index contributed by atoms with van der Waals surface area (Å²) in [7, 11) is 2.71. The number of aliphatic imine (C=N–C) groups is 1. The van der Waals surface area contributed by atoms with Crippen LogP contribution in [0.2, 0.25) is 0 Å². The maximum Gasteiger partial charge on any atom is 0.328 e. The van der Waals surface area contributed by atoms with Crippen LogP contribution in [0.5, 0.6) is 11.5 Å². The Morgan fingerprint density at radius 3 is 2.74 bits per heavy atom. The van der Waals surface area contributed by atoms with Gasteiger partial charge >= 0.3 is 5.97 Å². The van der Waals surface area contributed by atoms with Crippen LogP contribution in [-0.4, -0.2) is 47.0 Å². The lowest BCUT2D eigenvalue weighted by molar-refractivity contribution is -0.131. The molecule has 23 heavy (non-hydrogen) atoms. The molecule has 1 amide bonds. The largest absolute Gasteiger partial charge is 0.502 e. The first-order valence-electron chi connectivity index (χ1n) is 6.39. The minimum atomic E-state index is -1.17. The highest BCUT2D eigenvalue weighted by molar-refractivity contribution is 6.18. The molecule has 0 aromatic heterocycles. The number of hydrogen-bond acceptors (Lipinski definition) is 5. The zero-order valence-electron chi connectivity index (χ0n) is 12.3. The molecule has 0 unspecified atom stereocenters. The molecule has 1 aliphatic heterocycles. The highest BCUT2D eigenvalue weighted by Crippen LogP contribution is 2.31. The van der Waals surface area contributed by atoms with Gasteiger partial charge in [0.25, 0.3) is 5.91 Å². The van der Waals surface area contributed by atoms with Crippen molar-refractivity contribution < 1.29 is 28.9 Å². The van der Waals surface area contributed by atoms with Gasteiger partial charge < -0.3 is 14.9 Å². The molecule has 1 heterocycles. The Hall–Kier alpha value is -3.16. The van der Waals surface area contributed by atoms with Crippen LogP contribution in [0.25, 0.3) is 6.08 Å². The van der Waals surface area contributed by atoms with E-state index in [4.69, 9.17) is 9.84 Å². The summed E-state index contributed by atoms with van der Waals surface area (Å²) >= 11 is 0. The minimum Gasteiger partial charge on any atom is -0.502 e. The standard InChI is InChI=1S/C15H13FN2O5/c1-18-12(3-4-13(19)20)17-10(15(18)22)6-8-5-9(16)14(21)11(7-8)23-2/h3-7,21H,1-2H3,(H,19,20). The number of amides is 1. The monoisotopic (exact) mass is 320 g/mol. The van der Waals surface area contributed by atoms with Gasteiger partial charge in [0, 0.05) is 13.1 Å². The van der Waals surface area contributed by atoms with Crippen LogP contribution in [0, 0.1) is 5.82 Å². The lowest BCUT2D eigenvalue weighted by Crippen LogP contribution is -2.26. The number of phenolic OH excluding ortho intramolecular Hbond substituents is 1. The second-order valence-electron chi connectivity index (χ2n) is 4.59. The number of rotatable bonds is 4. The van der Waals surface area contributed by atoms with Crippen LogP contribution in [0.3, 0.4) is 0 Å². The second-order valence-corrected chi connectivity index (χ2v) is 4.59. The number of aliphatic carboxylic acids is 1. The zero-order valence-corrected chi connectivity index (χ0v) is 12.3. The molecule has 0 spiro atoms. The normalized spacial score (nSPS) is 16.3. The third-order valence-electron chi connectivity index (χ3n) is 3.05. The number of ether oxygens (including phenoxy) is 1. The number of likely N-dealkylation sites (N-methyl/N-ethyl adjacent to an activating group) is 1. The van der Waals surface area contributed by atoms with Crippen molar-refractivity contribution in [2.75, 3.05) is 14.2 Å². The van der Waals surface area contributed by atoms with Crippen molar-refractivity contribution in [3.8, 4) is 11.5 Å². The Kier molecular flexibility index (Phi) is 4.44. The van der Waals surface area contributed by atoms with Gasteiger partial charge in [-0.2, -0.15) is 0 Å². The van der Waals surface area contributed by atoms with Crippen LogP contribution >= 0.6 is 0 Å². The molecule has 120 valence electrons. The number of aromatic hydroxyl groups is 1. The summed E-state index contributed by atoms with van der Waals surface area (Å²) < 4.78 is 18.4. The average molecular weight is 320 g/mol. The molecule has 0 saturated carbocycles. The van der Waals surface area contributed by atoms with Crippen molar-refractivity contribution in [2.24, 2.45) is 4.99 Å². The number of halogens is 1. The predicted octanol–water partition coefficient (Wildman–Crippen LogP) is 1.39. The number of methoxy groups -OCH3 is 1. The van der Waals surface area contributed by atoms with E-state index in [-0.39, 0.29) is 22.8 Å². The lowest BCUT2D eigenvalue weighted by atomic mass is 10.1. The van der Waals surface area contributed by atoms with Crippen molar-refractivity contribution in [1.29, 1.82) is 0 Å². The molecular weight excluding hydrogens is 307 g/mol. The number of phenols is 1. The molecule has 0 saturated heterocycles. The second kappa shape index (κ2) is 6.30. The van der Waals surface area contributed by atoms with Crippen molar-refractivity contribution in [2.45, 2.75) is 0 Å². The highest BCUT2D eigenvalue weighted by Gasteiger charge is 2.25. The molecule has 7 nitrogen and oxygen atoms in total. The van der Waals surface area contributed by atoms with E-state index < -0.39 is 23.4 Å². The number of hydrogen-bond donors (Lipinski definition) is 2. The average Bonchev–Trinajstić information content (AvgIpc) is 2.76. The minimum absolute atomic E-state index is 0.00433.